The number of hydrogen-bond donors (Lipinski definition) is 0. The van der Waals surface area contributed by atoms with Crippen LogP contribution in [0.25, 0.3) is 11.4 Å². The van der Waals surface area contributed by atoms with E-state index in [4.69, 9.17) is 32.5 Å². The summed E-state index contributed by atoms with van der Waals surface area (Å²) in [7, 11) is 1.55. The van der Waals surface area contributed by atoms with Gasteiger partial charge in [0.05, 0.1) is 23.1 Å². The normalized spacial score (nSPS) is 16.8. The molecule has 1 fully saturated rings. The predicted octanol–water partition coefficient (Wildman–Crippen LogP) is 4.57. The molecule has 1 aliphatic heterocycles. The molecule has 1 saturated heterocycles. The topological polar surface area (TPSA) is 68.5 Å². The molecule has 8 heteroatoms. The number of aromatic nitrogens is 2. The second kappa shape index (κ2) is 7.21. The molecule has 3 aromatic rings. The molecule has 2 heterocycles. The SMILES string of the molecule is COc1ccc(N2CC(c3nc(-c4ccccc4Cl)no3)CC2=O)cc1Cl. The Balaban J connectivity index is 1.56. The third-order valence-corrected chi connectivity index (χ3v) is 5.10. The largest absolute Gasteiger partial charge is 0.495 e. The molecule has 2 aromatic carbocycles. The Labute approximate surface area is 165 Å². The van der Waals surface area contributed by atoms with Crippen LogP contribution in [0.2, 0.25) is 10.0 Å². The lowest BCUT2D eigenvalue weighted by Crippen LogP contribution is -2.24. The van der Waals surface area contributed by atoms with Crippen molar-refractivity contribution in [1.82, 2.24) is 10.1 Å². The first kappa shape index (κ1) is 17.8. The summed E-state index contributed by atoms with van der Waals surface area (Å²) in [5, 5.41) is 5.01. The highest BCUT2D eigenvalue weighted by Gasteiger charge is 2.35. The Hall–Kier alpha value is -2.57. The molecule has 1 aromatic heterocycles. The molecule has 0 aliphatic carbocycles. The molecule has 0 bridgehead atoms. The first-order chi connectivity index (χ1) is 13.1. The van der Waals surface area contributed by atoms with Crippen molar-refractivity contribution in [3.63, 3.8) is 0 Å². The lowest BCUT2D eigenvalue weighted by atomic mass is 10.1. The molecule has 0 saturated carbocycles. The van der Waals surface area contributed by atoms with Gasteiger partial charge in [-0.1, -0.05) is 40.5 Å². The smallest absolute Gasteiger partial charge is 0.232 e. The van der Waals surface area contributed by atoms with Crippen molar-refractivity contribution in [3.8, 4) is 17.1 Å². The average Bonchev–Trinajstić information content (AvgIpc) is 3.29. The minimum atomic E-state index is -0.192. The number of nitrogens with zero attached hydrogens (tertiary/aromatic N) is 3. The van der Waals surface area contributed by atoms with Gasteiger partial charge in [-0.3, -0.25) is 4.79 Å². The van der Waals surface area contributed by atoms with E-state index in [1.165, 1.54) is 0 Å². The van der Waals surface area contributed by atoms with E-state index in [0.29, 0.717) is 45.3 Å². The monoisotopic (exact) mass is 403 g/mol. The summed E-state index contributed by atoms with van der Waals surface area (Å²) in [6.07, 6.45) is 0.286. The van der Waals surface area contributed by atoms with Crippen LogP contribution in [0, 0.1) is 0 Å². The van der Waals surface area contributed by atoms with Crippen LogP contribution < -0.4 is 9.64 Å². The van der Waals surface area contributed by atoms with E-state index in [1.807, 2.05) is 18.2 Å². The Kier molecular flexibility index (Phi) is 4.76. The molecular weight excluding hydrogens is 389 g/mol. The molecule has 138 valence electrons. The van der Waals surface area contributed by atoms with Crippen LogP contribution in [0.3, 0.4) is 0 Å². The Morgan fingerprint density at radius 3 is 2.74 bits per heavy atom. The second-order valence-electron chi connectivity index (χ2n) is 6.16. The highest BCUT2D eigenvalue weighted by Crippen LogP contribution is 2.35. The van der Waals surface area contributed by atoms with Gasteiger partial charge in [0.1, 0.15) is 5.75 Å². The summed E-state index contributed by atoms with van der Waals surface area (Å²) in [5.74, 6) is 1.17. The zero-order valence-electron chi connectivity index (χ0n) is 14.4. The fourth-order valence-corrected chi connectivity index (χ4v) is 3.57. The van der Waals surface area contributed by atoms with Gasteiger partial charge in [-0.15, -0.1) is 0 Å². The number of ether oxygens (including phenoxy) is 1. The lowest BCUT2D eigenvalue weighted by Gasteiger charge is -2.17. The minimum Gasteiger partial charge on any atom is -0.495 e. The fourth-order valence-electron chi connectivity index (χ4n) is 3.10. The van der Waals surface area contributed by atoms with E-state index >= 15 is 0 Å². The Morgan fingerprint density at radius 2 is 2.00 bits per heavy atom. The van der Waals surface area contributed by atoms with Gasteiger partial charge in [-0.25, -0.2) is 0 Å². The maximum absolute atomic E-state index is 12.5. The number of benzene rings is 2. The van der Waals surface area contributed by atoms with E-state index in [-0.39, 0.29) is 18.2 Å². The number of halogens is 2. The lowest BCUT2D eigenvalue weighted by molar-refractivity contribution is -0.117. The fraction of sp³-hybridized carbons (Fsp3) is 0.211. The molecule has 27 heavy (non-hydrogen) atoms. The maximum Gasteiger partial charge on any atom is 0.232 e. The number of methoxy groups -OCH3 is 1. The van der Waals surface area contributed by atoms with Gasteiger partial charge in [0.15, 0.2) is 0 Å². The Bertz CT molecular complexity index is 1010. The van der Waals surface area contributed by atoms with Gasteiger partial charge in [0.2, 0.25) is 17.6 Å². The van der Waals surface area contributed by atoms with E-state index in [0.717, 1.165) is 0 Å². The highest BCUT2D eigenvalue weighted by atomic mass is 35.5. The van der Waals surface area contributed by atoms with E-state index < -0.39 is 0 Å². The molecule has 6 nitrogen and oxygen atoms in total. The molecule has 4 rings (SSSR count). The van der Waals surface area contributed by atoms with Crippen LogP contribution in [0.4, 0.5) is 5.69 Å². The summed E-state index contributed by atoms with van der Waals surface area (Å²) in [4.78, 5) is 18.6. The molecule has 1 unspecified atom stereocenters. The van der Waals surface area contributed by atoms with Crippen molar-refractivity contribution in [2.45, 2.75) is 12.3 Å². The van der Waals surface area contributed by atoms with Crippen LogP contribution in [0.1, 0.15) is 18.2 Å². The third-order valence-electron chi connectivity index (χ3n) is 4.48. The summed E-state index contributed by atoms with van der Waals surface area (Å²) >= 11 is 12.4. The minimum absolute atomic E-state index is 0.0290. The third kappa shape index (κ3) is 3.38. The number of carbonyl (C=O) groups is 1. The number of hydrogen-bond acceptors (Lipinski definition) is 5. The van der Waals surface area contributed by atoms with E-state index in [1.54, 1.807) is 36.3 Å². The van der Waals surface area contributed by atoms with Gasteiger partial charge in [0.25, 0.3) is 0 Å². The van der Waals surface area contributed by atoms with Crippen LogP contribution in [-0.4, -0.2) is 29.7 Å². The molecule has 1 atom stereocenters. The standard InChI is InChI=1S/C19H15Cl2N3O3/c1-26-16-7-6-12(9-15(16)21)24-10-11(8-17(24)25)19-22-18(23-27-19)13-4-2-3-5-14(13)20/h2-7,9,11H,8,10H2,1H3. The highest BCUT2D eigenvalue weighted by molar-refractivity contribution is 6.33. The zero-order chi connectivity index (χ0) is 19.0. The molecule has 0 spiro atoms. The van der Waals surface area contributed by atoms with Gasteiger partial charge in [-0.05, 0) is 30.3 Å². The van der Waals surface area contributed by atoms with E-state index in [9.17, 15) is 4.79 Å². The summed E-state index contributed by atoms with van der Waals surface area (Å²) in [6, 6.07) is 12.5. The number of amides is 1. The number of carbonyl (C=O) groups excluding carboxylic acids is 1. The van der Waals surface area contributed by atoms with Crippen molar-refractivity contribution in [1.29, 1.82) is 0 Å². The van der Waals surface area contributed by atoms with Gasteiger partial charge in [0, 0.05) is 24.2 Å². The molecule has 1 aliphatic rings. The summed E-state index contributed by atoms with van der Waals surface area (Å²) in [6.45, 7) is 0.436. The average molecular weight is 404 g/mol. The predicted molar refractivity (Wildman–Crippen MR) is 102 cm³/mol. The number of anilines is 1. The summed E-state index contributed by atoms with van der Waals surface area (Å²) < 4.78 is 10.6. The molecular formula is C19H15Cl2N3O3. The van der Waals surface area contributed by atoms with Crippen LogP contribution in [-0.2, 0) is 4.79 Å². The zero-order valence-corrected chi connectivity index (χ0v) is 15.9. The number of rotatable bonds is 4. The molecule has 0 N–H and O–H groups in total. The van der Waals surface area contributed by atoms with Crippen molar-refractivity contribution in [2.75, 3.05) is 18.6 Å². The molecule has 1 amide bonds. The quantitative estimate of drug-likeness (QED) is 0.637. The first-order valence-electron chi connectivity index (χ1n) is 8.29. The van der Waals surface area contributed by atoms with E-state index in [2.05, 4.69) is 10.1 Å². The maximum atomic E-state index is 12.5. The molecule has 0 radical (unpaired) electrons. The van der Waals surface area contributed by atoms with Gasteiger partial charge < -0.3 is 14.2 Å². The van der Waals surface area contributed by atoms with Crippen molar-refractivity contribution in [2.24, 2.45) is 0 Å². The van der Waals surface area contributed by atoms with Crippen LogP contribution in [0.5, 0.6) is 5.75 Å². The van der Waals surface area contributed by atoms with Crippen molar-refractivity contribution < 1.29 is 14.1 Å². The van der Waals surface area contributed by atoms with Crippen molar-refractivity contribution >= 4 is 34.8 Å². The van der Waals surface area contributed by atoms with Gasteiger partial charge in [-0.2, -0.15) is 4.98 Å². The van der Waals surface area contributed by atoms with Crippen LogP contribution in [0.15, 0.2) is 47.0 Å². The van der Waals surface area contributed by atoms with Gasteiger partial charge >= 0.3 is 0 Å². The van der Waals surface area contributed by atoms with Crippen LogP contribution >= 0.6 is 23.2 Å². The Morgan fingerprint density at radius 1 is 1.19 bits per heavy atom. The second-order valence-corrected chi connectivity index (χ2v) is 6.97. The summed E-state index contributed by atoms with van der Waals surface area (Å²) in [5.41, 5.74) is 1.40. The first-order valence-corrected chi connectivity index (χ1v) is 9.05. The van der Waals surface area contributed by atoms with Crippen molar-refractivity contribution in [3.05, 3.63) is 58.4 Å².